The molecule has 1 atom stereocenters. The van der Waals surface area contributed by atoms with Crippen molar-refractivity contribution in [2.75, 3.05) is 24.7 Å². The summed E-state index contributed by atoms with van der Waals surface area (Å²) in [7, 11) is 0. The van der Waals surface area contributed by atoms with Crippen molar-refractivity contribution in [1.82, 2.24) is 5.32 Å². The van der Waals surface area contributed by atoms with Gasteiger partial charge in [-0.05, 0) is 25.0 Å². The molecule has 1 N–H and O–H groups in total. The molecule has 1 unspecified atom stereocenters. The molecule has 0 aliphatic carbocycles. The standard InChI is InChI=1S/C16H22N2O3/c1-11(2)17-13-4-3-7-18(16(13)19)12-5-6-14-15(10-12)21-9-8-20-14/h5-6,10-11,13,17H,3-4,7-9H2,1-2H3. The first kappa shape index (κ1) is 14.2. The summed E-state index contributed by atoms with van der Waals surface area (Å²) in [6.45, 7) is 6.03. The van der Waals surface area contributed by atoms with Gasteiger partial charge in [-0.1, -0.05) is 13.8 Å². The number of nitrogens with zero attached hydrogens (tertiary/aromatic N) is 1. The molecule has 0 aromatic heterocycles. The molecule has 1 aromatic carbocycles. The smallest absolute Gasteiger partial charge is 0.244 e. The van der Waals surface area contributed by atoms with Gasteiger partial charge in [0.15, 0.2) is 11.5 Å². The summed E-state index contributed by atoms with van der Waals surface area (Å²) in [6, 6.07) is 5.94. The molecule has 0 bridgehead atoms. The lowest BCUT2D eigenvalue weighted by Gasteiger charge is -2.34. The Morgan fingerprint density at radius 1 is 1.24 bits per heavy atom. The van der Waals surface area contributed by atoms with Gasteiger partial charge in [-0.3, -0.25) is 4.79 Å². The van der Waals surface area contributed by atoms with Gasteiger partial charge in [0, 0.05) is 24.3 Å². The number of carbonyl (C=O) groups is 1. The number of nitrogens with one attached hydrogen (secondary N) is 1. The second-order valence-corrected chi connectivity index (χ2v) is 5.83. The molecule has 1 aromatic rings. The number of benzene rings is 1. The molecule has 3 rings (SSSR count). The van der Waals surface area contributed by atoms with Crippen LogP contribution >= 0.6 is 0 Å². The van der Waals surface area contributed by atoms with Crippen LogP contribution in [-0.4, -0.2) is 37.7 Å². The average molecular weight is 290 g/mol. The molecule has 1 fully saturated rings. The van der Waals surface area contributed by atoms with E-state index in [1.165, 1.54) is 0 Å². The van der Waals surface area contributed by atoms with Crippen LogP contribution in [0.2, 0.25) is 0 Å². The molecule has 0 saturated carbocycles. The first-order valence-electron chi connectivity index (χ1n) is 7.62. The Bertz CT molecular complexity index is 530. The van der Waals surface area contributed by atoms with E-state index in [1.807, 2.05) is 23.1 Å². The number of carbonyl (C=O) groups excluding carboxylic acids is 1. The van der Waals surface area contributed by atoms with Gasteiger partial charge in [-0.25, -0.2) is 0 Å². The van der Waals surface area contributed by atoms with Gasteiger partial charge in [0.25, 0.3) is 0 Å². The summed E-state index contributed by atoms with van der Waals surface area (Å²) in [5.41, 5.74) is 0.888. The lowest BCUT2D eigenvalue weighted by molar-refractivity contribution is -0.121. The summed E-state index contributed by atoms with van der Waals surface area (Å²) < 4.78 is 11.1. The van der Waals surface area contributed by atoms with Gasteiger partial charge in [0.05, 0.1) is 6.04 Å². The summed E-state index contributed by atoms with van der Waals surface area (Å²) in [5, 5.41) is 3.35. The van der Waals surface area contributed by atoms with Crippen LogP contribution in [0.15, 0.2) is 18.2 Å². The molecule has 5 heteroatoms. The van der Waals surface area contributed by atoms with Crippen LogP contribution in [0.4, 0.5) is 5.69 Å². The van der Waals surface area contributed by atoms with E-state index < -0.39 is 0 Å². The first-order chi connectivity index (χ1) is 10.1. The van der Waals surface area contributed by atoms with Crippen LogP contribution in [0.25, 0.3) is 0 Å². The van der Waals surface area contributed by atoms with Gasteiger partial charge in [0.1, 0.15) is 13.2 Å². The van der Waals surface area contributed by atoms with Crippen molar-refractivity contribution < 1.29 is 14.3 Å². The third-order valence-electron chi connectivity index (χ3n) is 3.81. The SMILES string of the molecule is CC(C)NC1CCCN(c2ccc3c(c2)OCCO3)C1=O. The molecule has 1 amide bonds. The maximum atomic E-state index is 12.6. The zero-order valence-electron chi connectivity index (χ0n) is 12.6. The number of amides is 1. The average Bonchev–Trinajstić information content (AvgIpc) is 2.48. The van der Waals surface area contributed by atoms with E-state index in [1.54, 1.807) is 0 Å². The Morgan fingerprint density at radius 2 is 2.00 bits per heavy atom. The van der Waals surface area contributed by atoms with Gasteiger partial charge in [0.2, 0.25) is 5.91 Å². The number of rotatable bonds is 3. The van der Waals surface area contributed by atoms with Crippen molar-refractivity contribution in [2.45, 2.75) is 38.8 Å². The van der Waals surface area contributed by atoms with Crippen LogP contribution in [-0.2, 0) is 4.79 Å². The van der Waals surface area contributed by atoms with Crippen molar-refractivity contribution in [1.29, 1.82) is 0 Å². The highest BCUT2D eigenvalue weighted by Gasteiger charge is 2.30. The maximum absolute atomic E-state index is 12.6. The van der Waals surface area contributed by atoms with Crippen LogP contribution in [0.1, 0.15) is 26.7 Å². The van der Waals surface area contributed by atoms with E-state index >= 15 is 0 Å². The summed E-state index contributed by atoms with van der Waals surface area (Å²) in [4.78, 5) is 14.5. The van der Waals surface area contributed by atoms with E-state index in [0.29, 0.717) is 19.3 Å². The second-order valence-electron chi connectivity index (χ2n) is 5.83. The minimum Gasteiger partial charge on any atom is -0.486 e. The maximum Gasteiger partial charge on any atom is 0.244 e. The predicted octanol–water partition coefficient (Wildman–Crippen LogP) is 1.95. The monoisotopic (exact) mass is 290 g/mol. The summed E-state index contributed by atoms with van der Waals surface area (Å²) in [6.07, 6.45) is 1.91. The Kier molecular flexibility index (Phi) is 4.01. The van der Waals surface area contributed by atoms with Crippen molar-refractivity contribution in [3.8, 4) is 11.5 Å². The number of ether oxygens (including phenoxy) is 2. The van der Waals surface area contributed by atoms with Crippen molar-refractivity contribution in [3.05, 3.63) is 18.2 Å². The molecule has 2 aliphatic rings. The molecule has 2 heterocycles. The van der Waals surface area contributed by atoms with E-state index in [9.17, 15) is 4.79 Å². The summed E-state index contributed by atoms with van der Waals surface area (Å²) >= 11 is 0. The molecule has 1 saturated heterocycles. The zero-order chi connectivity index (χ0) is 14.8. The Hall–Kier alpha value is -1.75. The third-order valence-corrected chi connectivity index (χ3v) is 3.81. The molecule has 0 radical (unpaired) electrons. The van der Waals surface area contributed by atoms with Gasteiger partial charge in [-0.2, -0.15) is 0 Å². The fraction of sp³-hybridized carbons (Fsp3) is 0.562. The highest BCUT2D eigenvalue weighted by Crippen LogP contribution is 2.35. The quantitative estimate of drug-likeness (QED) is 0.924. The Morgan fingerprint density at radius 3 is 2.76 bits per heavy atom. The van der Waals surface area contributed by atoms with Crippen LogP contribution in [0, 0.1) is 0 Å². The molecule has 5 nitrogen and oxygen atoms in total. The van der Waals surface area contributed by atoms with Crippen LogP contribution < -0.4 is 19.7 Å². The molecular weight excluding hydrogens is 268 g/mol. The fourth-order valence-electron chi connectivity index (χ4n) is 2.89. The second kappa shape index (κ2) is 5.93. The predicted molar refractivity (Wildman–Crippen MR) is 81.1 cm³/mol. The summed E-state index contributed by atoms with van der Waals surface area (Å²) in [5.74, 6) is 1.63. The lowest BCUT2D eigenvalue weighted by atomic mass is 10.0. The van der Waals surface area contributed by atoms with Crippen molar-refractivity contribution in [3.63, 3.8) is 0 Å². The zero-order valence-corrected chi connectivity index (χ0v) is 12.6. The van der Waals surface area contributed by atoms with Crippen molar-refractivity contribution in [2.24, 2.45) is 0 Å². The number of hydrogen-bond acceptors (Lipinski definition) is 4. The van der Waals surface area contributed by atoms with Gasteiger partial charge < -0.3 is 19.7 Å². The molecule has 114 valence electrons. The third kappa shape index (κ3) is 2.97. The van der Waals surface area contributed by atoms with E-state index in [0.717, 1.165) is 36.6 Å². The normalized spacial score (nSPS) is 21.8. The minimum absolute atomic E-state index is 0.0908. The highest BCUT2D eigenvalue weighted by molar-refractivity contribution is 5.98. The highest BCUT2D eigenvalue weighted by atomic mass is 16.6. The largest absolute Gasteiger partial charge is 0.486 e. The van der Waals surface area contributed by atoms with Crippen LogP contribution in [0.5, 0.6) is 11.5 Å². The van der Waals surface area contributed by atoms with E-state index in [4.69, 9.17) is 9.47 Å². The molecular formula is C16H22N2O3. The topological polar surface area (TPSA) is 50.8 Å². The lowest BCUT2D eigenvalue weighted by Crippen LogP contribution is -2.52. The number of hydrogen-bond donors (Lipinski definition) is 1. The van der Waals surface area contributed by atoms with E-state index in [-0.39, 0.29) is 11.9 Å². The van der Waals surface area contributed by atoms with Crippen molar-refractivity contribution >= 4 is 11.6 Å². The van der Waals surface area contributed by atoms with Gasteiger partial charge >= 0.3 is 0 Å². The number of piperidine rings is 1. The minimum atomic E-state index is -0.0908. The van der Waals surface area contributed by atoms with Gasteiger partial charge in [-0.15, -0.1) is 0 Å². The number of anilines is 1. The van der Waals surface area contributed by atoms with Crippen LogP contribution in [0.3, 0.4) is 0 Å². The molecule has 21 heavy (non-hydrogen) atoms. The Labute approximate surface area is 125 Å². The fourth-order valence-corrected chi connectivity index (χ4v) is 2.89. The Balaban J connectivity index is 1.80. The molecule has 2 aliphatic heterocycles. The molecule has 0 spiro atoms. The number of fused-ring (bicyclic) bond motifs is 1. The van der Waals surface area contributed by atoms with E-state index in [2.05, 4.69) is 19.2 Å². The first-order valence-corrected chi connectivity index (χ1v) is 7.62.